The predicted molar refractivity (Wildman–Crippen MR) is 103 cm³/mol. The molecule has 0 amide bonds. The summed E-state index contributed by atoms with van der Waals surface area (Å²) in [4.78, 5) is 0. The lowest BCUT2D eigenvalue weighted by molar-refractivity contribution is 0.155. The first-order valence-electron chi connectivity index (χ1n) is 8.14. The molecule has 0 radical (unpaired) electrons. The highest BCUT2D eigenvalue weighted by Crippen LogP contribution is 2.30. The number of phenols is 1. The topological polar surface area (TPSA) is 38.7 Å². The van der Waals surface area contributed by atoms with Gasteiger partial charge < -0.3 is 14.6 Å². The first kappa shape index (κ1) is 20.5. The Morgan fingerprint density at radius 3 is 2.22 bits per heavy atom. The van der Waals surface area contributed by atoms with Gasteiger partial charge in [0.15, 0.2) is 0 Å². The smallest absolute Gasteiger partial charge is 0.125 e. The van der Waals surface area contributed by atoms with E-state index in [4.69, 9.17) is 9.47 Å². The van der Waals surface area contributed by atoms with Gasteiger partial charge in [0.05, 0.1) is 16.6 Å². The standard InChI is InChI=1S/C18H26Br2O3/c1-3-14-12-16(21)13-15(4-2)18(14)23-10-7-5-6-9-22-11-8-17(19)20/h8,12-13,21H,3-7,9-11H2,1-2H3. The van der Waals surface area contributed by atoms with E-state index in [0.717, 1.165) is 59.0 Å². The zero-order valence-corrected chi connectivity index (χ0v) is 17.1. The van der Waals surface area contributed by atoms with Crippen molar-refractivity contribution in [2.45, 2.75) is 46.0 Å². The number of aryl methyl sites for hydroxylation is 2. The molecule has 0 aliphatic heterocycles. The molecule has 0 fully saturated rings. The molecule has 0 bridgehead atoms. The molecule has 0 aliphatic carbocycles. The van der Waals surface area contributed by atoms with Gasteiger partial charge in [-0.15, -0.1) is 0 Å². The van der Waals surface area contributed by atoms with Crippen LogP contribution in [0.3, 0.4) is 0 Å². The molecule has 23 heavy (non-hydrogen) atoms. The normalized spacial score (nSPS) is 10.6. The quantitative estimate of drug-likeness (QED) is 0.439. The fourth-order valence-electron chi connectivity index (χ4n) is 2.31. The maximum atomic E-state index is 9.75. The van der Waals surface area contributed by atoms with Gasteiger partial charge in [-0.1, -0.05) is 13.8 Å². The third-order valence-electron chi connectivity index (χ3n) is 3.52. The Balaban J connectivity index is 2.29. The van der Waals surface area contributed by atoms with Crippen molar-refractivity contribution in [1.82, 2.24) is 0 Å². The minimum absolute atomic E-state index is 0.326. The van der Waals surface area contributed by atoms with E-state index in [1.807, 2.05) is 6.08 Å². The third-order valence-corrected chi connectivity index (χ3v) is 4.17. The summed E-state index contributed by atoms with van der Waals surface area (Å²) in [5, 5.41) is 9.75. The minimum Gasteiger partial charge on any atom is -0.508 e. The van der Waals surface area contributed by atoms with Gasteiger partial charge in [-0.3, -0.25) is 0 Å². The molecule has 1 rings (SSSR count). The van der Waals surface area contributed by atoms with Crippen LogP contribution in [0, 0.1) is 0 Å². The summed E-state index contributed by atoms with van der Waals surface area (Å²) >= 11 is 6.59. The summed E-state index contributed by atoms with van der Waals surface area (Å²) in [5.74, 6) is 1.28. The highest BCUT2D eigenvalue weighted by Gasteiger charge is 2.10. The molecule has 1 aromatic rings. The molecule has 1 aromatic carbocycles. The highest BCUT2D eigenvalue weighted by molar-refractivity contribution is 9.28. The summed E-state index contributed by atoms with van der Waals surface area (Å²) in [6.07, 6.45) is 6.79. The maximum Gasteiger partial charge on any atom is 0.125 e. The largest absolute Gasteiger partial charge is 0.508 e. The van der Waals surface area contributed by atoms with Crippen LogP contribution >= 0.6 is 31.9 Å². The number of hydrogen-bond acceptors (Lipinski definition) is 3. The lowest BCUT2D eigenvalue weighted by Gasteiger charge is -2.15. The van der Waals surface area contributed by atoms with Gasteiger partial charge in [0.1, 0.15) is 11.5 Å². The van der Waals surface area contributed by atoms with Crippen LogP contribution < -0.4 is 4.74 Å². The van der Waals surface area contributed by atoms with Gasteiger partial charge >= 0.3 is 0 Å². The third kappa shape index (κ3) is 8.23. The van der Waals surface area contributed by atoms with Crippen molar-refractivity contribution in [3.63, 3.8) is 0 Å². The Hall–Kier alpha value is -0.520. The first-order chi connectivity index (χ1) is 11.1. The lowest BCUT2D eigenvalue weighted by Crippen LogP contribution is -2.04. The number of aromatic hydroxyl groups is 1. The Labute approximate surface area is 156 Å². The number of ether oxygens (including phenoxy) is 2. The molecule has 0 unspecified atom stereocenters. The Kier molecular flexibility index (Phi) is 10.6. The van der Waals surface area contributed by atoms with E-state index in [-0.39, 0.29) is 0 Å². The number of hydrogen-bond donors (Lipinski definition) is 1. The number of unbranched alkanes of at least 4 members (excludes halogenated alkanes) is 2. The van der Waals surface area contributed by atoms with Crippen molar-refractivity contribution >= 4 is 31.9 Å². The van der Waals surface area contributed by atoms with Crippen molar-refractivity contribution < 1.29 is 14.6 Å². The zero-order chi connectivity index (χ0) is 17.1. The van der Waals surface area contributed by atoms with E-state index in [1.54, 1.807) is 12.1 Å². The maximum absolute atomic E-state index is 9.75. The van der Waals surface area contributed by atoms with Crippen molar-refractivity contribution in [2.75, 3.05) is 19.8 Å². The van der Waals surface area contributed by atoms with E-state index in [1.165, 1.54) is 0 Å². The van der Waals surface area contributed by atoms with Crippen molar-refractivity contribution in [2.24, 2.45) is 0 Å². The van der Waals surface area contributed by atoms with Gasteiger partial charge in [0, 0.05) is 6.61 Å². The number of halogens is 2. The van der Waals surface area contributed by atoms with Gasteiger partial charge in [-0.05, 0) is 93.3 Å². The van der Waals surface area contributed by atoms with E-state index >= 15 is 0 Å². The first-order valence-corrected chi connectivity index (χ1v) is 9.73. The average molecular weight is 450 g/mol. The van der Waals surface area contributed by atoms with Crippen LogP contribution in [0.1, 0.15) is 44.2 Å². The average Bonchev–Trinajstić information content (AvgIpc) is 2.53. The number of phenolic OH excluding ortho intramolecular Hbond substituents is 1. The monoisotopic (exact) mass is 448 g/mol. The van der Waals surface area contributed by atoms with Crippen LogP contribution in [0.5, 0.6) is 11.5 Å². The molecule has 0 aliphatic rings. The molecule has 0 aromatic heterocycles. The molecule has 0 spiro atoms. The molecule has 0 saturated carbocycles. The van der Waals surface area contributed by atoms with Crippen LogP contribution in [-0.2, 0) is 17.6 Å². The van der Waals surface area contributed by atoms with E-state index in [9.17, 15) is 5.11 Å². The van der Waals surface area contributed by atoms with E-state index in [0.29, 0.717) is 19.0 Å². The summed E-state index contributed by atoms with van der Waals surface area (Å²) in [5.41, 5.74) is 2.16. The molecular formula is C18H26Br2O3. The molecule has 0 atom stereocenters. The van der Waals surface area contributed by atoms with Crippen molar-refractivity contribution in [1.29, 1.82) is 0 Å². The van der Waals surface area contributed by atoms with Crippen LogP contribution in [0.4, 0.5) is 0 Å². The van der Waals surface area contributed by atoms with Gasteiger partial charge in [0.2, 0.25) is 0 Å². The van der Waals surface area contributed by atoms with Gasteiger partial charge in [-0.2, -0.15) is 0 Å². The Morgan fingerprint density at radius 2 is 1.65 bits per heavy atom. The minimum atomic E-state index is 0.326. The van der Waals surface area contributed by atoms with Crippen molar-refractivity contribution in [3.8, 4) is 11.5 Å². The van der Waals surface area contributed by atoms with Gasteiger partial charge in [-0.25, -0.2) is 0 Å². The second kappa shape index (κ2) is 11.9. The fraction of sp³-hybridized carbons (Fsp3) is 0.556. The zero-order valence-electron chi connectivity index (χ0n) is 13.9. The van der Waals surface area contributed by atoms with Crippen molar-refractivity contribution in [3.05, 3.63) is 32.7 Å². The van der Waals surface area contributed by atoms with Crippen LogP contribution in [0.15, 0.2) is 21.6 Å². The summed E-state index contributed by atoms with van der Waals surface area (Å²) in [6.45, 7) is 6.26. The molecule has 1 N–H and O–H groups in total. The van der Waals surface area contributed by atoms with Gasteiger partial charge in [0.25, 0.3) is 0 Å². The molecule has 3 nitrogen and oxygen atoms in total. The summed E-state index contributed by atoms with van der Waals surface area (Å²) in [6, 6.07) is 3.61. The Morgan fingerprint density at radius 1 is 1.04 bits per heavy atom. The predicted octanol–water partition coefficient (Wildman–Crippen LogP) is 5.71. The SMILES string of the molecule is CCc1cc(O)cc(CC)c1OCCCCCOCC=C(Br)Br. The summed E-state index contributed by atoms with van der Waals surface area (Å²) in [7, 11) is 0. The molecule has 0 saturated heterocycles. The molecule has 5 heteroatoms. The molecule has 0 heterocycles. The van der Waals surface area contributed by atoms with E-state index in [2.05, 4.69) is 45.7 Å². The summed E-state index contributed by atoms with van der Waals surface area (Å²) < 4.78 is 12.4. The van der Waals surface area contributed by atoms with E-state index < -0.39 is 0 Å². The second-order valence-corrected chi connectivity index (χ2v) is 8.05. The van der Waals surface area contributed by atoms with Crippen LogP contribution in [-0.4, -0.2) is 24.9 Å². The number of rotatable bonds is 11. The number of benzene rings is 1. The van der Waals surface area contributed by atoms with Crippen LogP contribution in [0.2, 0.25) is 0 Å². The van der Waals surface area contributed by atoms with Crippen LogP contribution in [0.25, 0.3) is 0 Å². The Bertz CT molecular complexity index is 472. The highest BCUT2D eigenvalue weighted by atomic mass is 79.9. The molecular weight excluding hydrogens is 424 g/mol. The molecule has 130 valence electrons. The lowest BCUT2D eigenvalue weighted by atomic mass is 10.0. The second-order valence-electron chi connectivity index (χ2n) is 5.28. The fourth-order valence-corrected chi connectivity index (χ4v) is 2.57.